The lowest BCUT2D eigenvalue weighted by atomic mass is 9.78. The Morgan fingerprint density at radius 2 is 2.00 bits per heavy atom. The van der Waals surface area contributed by atoms with Crippen LogP contribution < -0.4 is 5.32 Å². The third-order valence-corrected chi connectivity index (χ3v) is 4.25. The number of amides is 2. The van der Waals surface area contributed by atoms with E-state index in [1.54, 1.807) is 11.9 Å². The number of carboxylic acids is 1. The Labute approximate surface area is 115 Å². The van der Waals surface area contributed by atoms with Crippen LogP contribution in [-0.2, 0) is 4.79 Å². The van der Waals surface area contributed by atoms with Gasteiger partial charge in [0.25, 0.3) is 0 Å². The van der Waals surface area contributed by atoms with E-state index in [9.17, 15) is 9.59 Å². The number of aliphatic carboxylic acids is 1. The number of carboxylic acid groups (broad SMARTS) is 1. The normalized spacial score (nSPS) is 26.8. The SMILES string of the molecule is CC1CCCC(NC(=O)N(C)CCCC(=O)O)C1C. The Morgan fingerprint density at radius 1 is 1.32 bits per heavy atom. The molecule has 110 valence electrons. The van der Waals surface area contributed by atoms with Gasteiger partial charge in [0.2, 0.25) is 0 Å². The molecular weight excluding hydrogens is 244 g/mol. The van der Waals surface area contributed by atoms with Gasteiger partial charge in [-0.3, -0.25) is 4.79 Å². The molecule has 0 aromatic carbocycles. The van der Waals surface area contributed by atoms with Crippen LogP contribution in [-0.4, -0.2) is 41.6 Å². The smallest absolute Gasteiger partial charge is 0.317 e. The minimum Gasteiger partial charge on any atom is -0.481 e. The highest BCUT2D eigenvalue weighted by Crippen LogP contribution is 2.29. The lowest BCUT2D eigenvalue weighted by Gasteiger charge is -2.35. The van der Waals surface area contributed by atoms with E-state index in [1.165, 1.54) is 12.8 Å². The molecule has 0 aromatic heterocycles. The van der Waals surface area contributed by atoms with Gasteiger partial charge in [0.05, 0.1) is 0 Å². The molecule has 1 fully saturated rings. The molecule has 0 aromatic rings. The third-order valence-electron chi connectivity index (χ3n) is 4.25. The average molecular weight is 270 g/mol. The van der Waals surface area contributed by atoms with Gasteiger partial charge in [0.1, 0.15) is 0 Å². The summed E-state index contributed by atoms with van der Waals surface area (Å²) in [6.45, 7) is 4.91. The average Bonchev–Trinajstić information content (AvgIpc) is 2.34. The van der Waals surface area contributed by atoms with Crippen LogP contribution in [0.1, 0.15) is 46.0 Å². The molecular formula is C14H26N2O3. The Hall–Kier alpha value is -1.26. The zero-order valence-electron chi connectivity index (χ0n) is 12.2. The molecule has 3 atom stereocenters. The van der Waals surface area contributed by atoms with Crippen molar-refractivity contribution in [3.63, 3.8) is 0 Å². The van der Waals surface area contributed by atoms with E-state index in [-0.39, 0.29) is 18.5 Å². The van der Waals surface area contributed by atoms with E-state index in [2.05, 4.69) is 19.2 Å². The summed E-state index contributed by atoms with van der Waals surface area (Å²) in [6, 6.07) is 0.162. The molecule has 2 N–H and O–H groups in total. The van der Waals surface area contributed by atoms with Crippen LogP contribution in [0, 0.1) is 11.8 Å². The monoisotopic (exact) mass is 270 g/mol. The van der Waals surface area contributed by atoms with E-state index >= 15 is 0 Å². The summed E-state index contributed by atoms with van der Waals surface area (Å²) in [5.74, 6) is 0.338. The number of nitrogens with zero attached hydrogens (tertiary/aromatic N) is 1. The molecule has 19 heavy (non-hydrogen) atoms. The first-order valence-corrected chi connectivity index (χ1v) is 7.15. The molecule has 0 radical (unpaired) electrons. The Bertz CT molecular complexity index is 320. The Balaban J connectivity index is 2.34. The van der Waals surface area contributed by atoms with Gasteiger partial charge in [-0.1, -0.05) is 26.7 Å². The number of carbonyl (C=O) groups excluding carboxylic acids is 1. The first-order chi connectivity index (χ1) is 8.91. The Kier molecular flexibility index (Phi) is 6.12. The molecule has 5 nitrogen and oxygen atoms in total. The van der Waals surface area contributed by atoms with Crippen molar-refractivity contribution < 1.29 is 14.7 Å². The molecule has 1 aliphatic rings. The number of urea groups is 1. The van der Waals surface area contributed by atoms with Crippen molar-refractivity contribution >= 4 is 12.0 Å². The fourth-order valence-corrected chi connectivity index (χ4v) is 2.62. The van der Waals surface area contributed by atoms with Crippen molar-refractivity contribution in [3.8, 4) is 0 Å². The molecule has 0 bridgehead atoms. The third kappa shape index (κ3) is 5.09. The number of carbonyl (C=O) groups is 2. The molecule has 0 spiro atoms. The maximum atomic E-state index is 12.0. The molecule has 2 amide bonds. The lowest BCUT2D eigenvalue weighted by Crippen LogP contribution is -2.48. The molecule has 0 saturated heterocycles. The molecule has 1 aliphatic carbocycles. The highest BCUT2D eigenvalue weighted by atomic mass is 16.4. The summed E-state index contributed by atoms with van der Waals surface area (Å²) in [7, 11) is 1.72. The summed E-state index contributed by atoms with van der Waals surface area (Å²) >= 11 is 0. The second-order valence-electron chi connectivity index (χ2n) is 5.74. The van der Waals surface area contributed by atoms with Crippen LogP contribution >= 0.6 is 0 Å². The minimum absolute atomic E-state index is 0.0867. The predicted octanol–water partition coefficient (Wildman–Crippen LogP) is 2.32. The highest BCUT2D eigenvalue weighted by Gasteiger charge is 2.28. The van der Waals surface area contributed by atoms with Crippen LogP contribution in [0.5, 0.6) is 0 Å². The van der Waals surface area contributed by atoms with Crippen molar-refractivity contribution in [2.75, 3.05) is 13.6 Å². The maximum Gasteiger partial charge on any atom is 0.317 e. The van der Waals surface area contributed by atoms with E-state index in [4.69, 9.17) is 5.11 Å². The lowest BCUT2D eigenvalue weighted by molar-refractivity contribution is -0.137. The van der Waals surface area contributed by atoms with E-state index in [0.717, 1.165) is 6.42 Å². The first kappa shape index (κ1) is 15.8. The molecule has 0 heterocycles. The van der Waals surface area contributed by atoms with Gasteiger partial charge in [-0.05, 0) is 24.7 Å². The van der Waals surface area contributed by atoms with Crippen LogP contribution in [0.4, 0.5) is 4.79 Å². The van der Waals surface area contributed by atoms with Crippen molar-refractivity contribution in [1.82, 2.24) is 10.2 Å². The maximum absolute atomic E-state index is 12.0. The van der Waals surface area contributed by atoms with Crippen LogP contribution in [0.25, 0.3) is 0 Å². The van der Waals surface area contributed by atoms with Crippen molar-refractivity contribution in [2.24, 2.45) is 11.8 Å². The molecule has 5 heteroatoms. The quantitative estimate of drug-likeness (QED) is 0.805. The summed E-state index contributed by atoms with van der Waals surface area (Å²) in [5.41, 5.74) is 0. The van der Waals surface area contributed by atoms with Crippen LogP contribution in [0.15, 0.2) is 0 Å². The summed E-state index contributed by atoms with van der Waals surface area (Å²) in [5, 5.41) is 11.6. The number of hydrogen-bond acceptors (Lipinski definition) is 2. The van der Waals surface area contributed by atoms with Gasteiger partial charge in [0.15, 0.2) is 0 Å². The molecule has 1 saturated carbocycles. The van der Waals surface area contributed by atoms with Crippen molar-refractivity contribution in [3.05, 3.63) is 0 Å². The minimum atomic E-state index is -0.816. The number of hydrogen-bond donors (Lipinski definition) is 2. The van der Waals surface area contributed by atoms with Crippen LogP contribution in [0.2, 0.25) is 0 Å². The van der Waals surface area contributed by atoms with Gasteiger partial charge in [-0.2, -0.15) is 0 Å². The number of nitrogens with one attached hydrogen (secondary N) is 1. The van der Waals surface area contributed by atoms with Crippen LogP contribution in [0.3, 0.4) is 0 Å². The van der Waals surface area contributed by atoms with E-state index in [1.807, 2.05) is 0 Å². The fraction of sp³-hybridized carbons (Fsp3) is 0.857. The van der Waals surface area contributed by atoms with E-state index in [0.29, 0.717) is 24.8 Å². The predicted molar refractivity (Wildman–Crippen MR) is 74.0 cm³/mol. The van der Waals surface area contributed by atoms with Crippen molar-refractivity contribution in [1.29, 1.82) is 0 Å². The summed E-state index contributed by atoms with van der Waals surface area (Å²) < 4.78 is 0. The van der Waals surface area contributed by atoms with Gasteiger partial charge in [-0.15, -0.1) is 0 Å². The highest BCUT2D eigenvalue weighted by molar-refractivity contribution is 5.74. The summed E-state index contributed by atoms with van der Waals surface area (Å²) in [6.07, 6.45) is 4.05. The van der Waals surface area contributed by atoms with E-state index < -0.39 is 5.97 Å². The number of rotatable bonds is 5. The van der Waals surface area contributed by atoms with Gasteiger partial charge >= 0.3 is 12.0 Å². The zero-order valence-corrected chi connectivity index (χ0v) is 12.2. The van der Waals surface area contributed by atoms with Gasteiger partial charge in [-0.25, -0.2) is 4.79 Å². The van der Waals surface area contributed by atoms with Gasteiger partial charge < -0.3 is 15.3 Å². The second kappa shape index (κ2) is 7.36. The molecule has 3 unspecified atom stereocenters. The fourth-order valence-electron chi connectivity index (χ4n) is 2.62. The van der Waals surface area contributed by atoms with Gasteiger partial charge in [0, 0.05) is 26.1 Å². The standard InChI is InChI=1S/C14H26N2O3/c1-10-6-4-7-12(11(10)2)15-14(19)16(3)9-5-8-13(17)18/h10-12H,4-9H2,1-3H3,(H,15,19)(H,17,18). The second-order valence-corrected chi connectivity index (χ2v) is 5.74. The molecule has 0 aliphatic heterocycles. The zero-order chi connectivity index (χ0) is 14.4. The Morgan fingerprint density at radius 3 is 2.63 bits per heavy atom. The van der Waals surface area contributed by atoms with Crippen molar-refractivity contribution in [2.45, 2.75) is 52.0 Å². The molecule has 1 rings (SSSR count). The first-order valence-electron chi connectivity index (χ1n) is 7.15. The summed E-state index contributed by atoms with van der Waals surface area (Å²) in [4.78, 5) is 24.0. The topological polar surface area (TPSA) is 69.6 Å². The largest absolute Gasteiger partial charge is 0.481 e.